The topological polar surface area (TPSA) is 45.5 Å². The summed E-state index contributed by atoms with van der Waals surface area (Å²) in [4.78, 5) is 13.3. The standard InChI is InChI=1S/C10H14N2O2/c13-10-8-12(5-2-4-11-10)7-9-3-1-6-14-9/h1,3,6H,2,4-5,7-8H2,(H,11,13). The molecule has 0 radical (unpaired) electrons. The summed E-state index contributed by atoms with van der Waals surface area (Å²) >= 11 is 0. The molecule has 2 rings (SSSR count). The highest BCUT2D eigenvalue weighted by Crippen LogP contribution is 2.06. The Kier molecular flexibility index (Phi) is 2.84. The highest BCUT2D eigenvalue weighted by Gasteiger charge is 2.15. The number of carbonyl (C=O) groups excluding carboxylic acids is 1. The second kappa shape index (κ2) is 4.28. The van der Waals surface area contributed by atoms with Crippen LogP contribution in [0.5, 0.6) is 0 Å². The van der Waals surface area contributed by atoms with Crippen LogP contribution in [-0.2, 0) is 11.3 Å². The van der Waals surface area contributed by atoms with Gasteiger partial charge in [-0.1, -0.05) is 0 Å². The fraction of sp³-hybridized carbons (Fsp3) is 0.500. The van der Waals surface area contributed by atoms with Gasteiger partial charge in [-0.25, -0.2) is 0 Å². The maximum Gasteiger partial charge on any atom is 0.234 e. The van der Waals surface area contributed by atoms with Crippen LogP contribution >= 0.6 is 0 Å². The zero-order valence-electron chi connectivity index (χ0n) is 8.03. The first-order valence-corrected chi connectivity index (χ1v) is 4.86. The Balaban J connectivity index is 1.93. The Morgan fingerprint density at radius 1 is 1.57 bits per heavy atom. The van der Waals surface area contributed by atoms with Crippen molar-refractivity contribution in [3.05, 3.63) is 24.2 Å². The van der Waals surface area contributed by atoms with Crippen LogP contribution in [0.1, 0.15) is 12.2 Å². The molecule has 0 aromatic carbocycles. The molecule has 4 nitrogen and oxygen atoms in total. The molecule has 1 amide bonds. The van der Waals surface area contributed by atoms with Crippen LogP contribution < -0.4 is 5.32 Å². The molecule has 4 heteroatoms. The van der Waals surface area contributed by atoms with Crippen molar-refractivity contribution in [1.82, 2.24) is 10.2 Å². The normalized spacial score (nSPS) is 19.0. The zero-order chi connectivity index (χ0) is 9.80. The maximum absolute atomic E-state index is 11.2. The van der Waals surface area contributed by atoms with E-state index in [1.165, 1.54) is 0 Å². The largest absolute Gasteiger partial charge is 0.468 e. The zero-order valence-corrected chi connectivity index (χ0v) is 8.03. The minimum atomic E-state index is 0.106. The van der Waals surface area contributed by atoms with Crippen LogP contribution in [0.15, 0.2) is 22.8 Å². The van der Waals surface area contributed by atoms with Gasteiger partial charge in [-0.05, 0) is 18.6 Å². The monoisotopic (exact) mass is 194 g/mol. The van der Waals surface area contributed by atoms with Crippen molar-refractivity contribution in [3.8, 4) is 0 Å². The van der Waals surface area contributed by atoms with Gasteiger partial charge in [0.2, 0.25) is 5.91 Å². The number of amides is 1. The summed E-state index contributed by atoms with van der Waals surface area (Å²) < 4.78 is 5.24. The van der Waals surface area contributed by atoms with Crippen molar-refractivity contribution in [2.24, 2.45) is 0 Å². The fourth-order valence-corrected chi connectivity index (χ4v) is 1.63. The fourth-order valence-electron chi connectivity index (χ4n) is 1.63. The van der Waals surface area contributed by atoms with E-state index in [1.807, 2.05) is 12.1 Å². The molecule has 2 heterocycles. The van der Waals surface area contributed by atoms with E-state index in [2.05, 4.69) is 10.2 Å². The smallest absolute Gasteiger partial charge is 0.234 e. The van der Waals surface area contributed by atoms with Crippen LogP contribution in [0.4, 0.5) is 0 Å². The summed E-state index contributed by atoms with van der Waals surface area (Å²) in [7, 11) is 0. The third-order valence-corrected chi connectivity index (χ3v) is 2.30. The molecule has 76 valence electrons. The van der Waals surface area contributed by atoms with Crippen LogP contribution in [0.25, 0.3) is 0 Å². The SMILES string of the molecule is O=C1CN(Cc2ccco2)CCCN1. The molecule has 14 heavy (non-hydrogen) atoms. The van der Waals surface area contributed by atoms with E-state index in [-0.39, 0.29) is 5.91 Å². The quantitative estimate of drug-likeness (QED) is 0.750. The number of carbonyl (C=O) groups is 1. The molecule has 0 bridgehead atoms. The molecule has 1 saturated heterocycles. The number of nitrogens with zero attached hydrogens (tertiary/aromatic N) is 1. The summed E-state index contributed by atoms with van der Waals surface area (Å²) in [5.74, 6) is 1.02. The first-order chi connectivity index (χ1) is 6.84. The molecule has 0 spiro atoms. The van der Waals surface area contributed by atoms with Gasteiger partial charge in [-0.2, -0.15) is 0 Å². The van der Waals surface area contributed by atoms with Crippen LogP contribution in [0, 0.1) is 0 Å². The minimum absolute atomic E-state index is 0.106. The Bertz CT molecular complexity index is 295. The molecule has 0 atom stereocenters. The van der Waals surface area contributed by atoms with Crippen molar-refractivity contribution in [2.75, 3.05) is 19.6 Å². The van der Waals surface area contributed by atoms with E-state index >= 15 is 0 Å². The lowest BCUT2D eigenvalue weighted by molar-refractivity contribution is -0.121. The third-order valence-electron chi connectivity index (χ3n) is 2.30. The van der Waals surface area contributed by atoms with Gasteiger partial charge < -0.3 is 9.73 Å². The second-order valence-corrected chi connectivity index (χ2v) is 3.49. The number of nitrogens with one attached hydrogen (secondary N) is 1. The first-order valence-electron chi connectivity index (χ1n) is 4.86. The number of furan rings is 1. The van der Waals surface area contributed by atoms with E-state index in [0.29, 0.717) is 6.54 Å². The molecule has 1 aromatic heterocycles. The van der Waals surface area contributed by atoms with E-state index in [1.54, 1.807) is 6.26 Å². The predicted octanol–water partition coefficient (Wildman–Crippen LogP) is 0.601. The van der Waals surface area contributed by atoms with E-state index in [0.717, 1.165) is 31.8 Å². The second-order valence-electron chi connectivity index (χ2n) is 3.49. The Hall–Kier alpha value is -1.29. The highest BCUT2D eigenvalue weighted by atomic mass is 16.3. The lowest BCUT2D eigenvalue weighted by Gasteiger charge is -2.16. The number of rotatable bonds is 2. The average Bonchev–Trinajstić information content (AvgIpc) is 2.56. The van der Waals surface area contributed by atoms with Crippen molar-refractivity contribution in [2.45, 2.75) is 13.0 Å². The summed E-state index contributed by atoms with van der Waals surface area (Å²) in [5, 5.41) is 2.84. The van der Waals surface area contributed by atoms with Crippen LogP contribution in [0.2, 0.25) is 0 Å². The van der Waals surface area contributed by atoms with E-state index < -0.39 is 0 Å². The van der Waals surface area contributed by atoms with Gasteiger partial charge in [0, 0.05) is 13.1 Å². The Labute approximate surface area is 82.9 Å². The molecule has 1 fully saturated rings. The molecule has 0 aliphatic carbocycles. The lowest BCUT2D eigenvalue weighted by atomic mass is 10.3. The molecular formula is C10H14N2O2. The van der Waals surface area contributed by atoms with Crippen LogP contribution in [0.3, 0.4) is 0 Å². The molecule has 0 saturated carbocycles. The molecule has 1 aromatic rings. The molecule has 1 aliphatic rings. The third kappa shape index (κ3) is 2.35. The Morgan fingerprint density at radius 3 is 3.29 bits per heavy atom. The van der Waals surface area contributed by atoms with Crippen molar-refractivity contribution >= 4 is 5.91 Å². The van der Waals surface area contributed by atoms with Gasteiger partial charge in [-0.3, -0.25) is 9.69 Å². The molecular weight excluding hydrogens is 180 g/mol. The summed E-state index contributed by atoms with van der Waals surface area (Å²) in [6.45, 7) is 2.92. The van der Waals surface area contributed by atoms with Gasteiger partial charge in [0.05, 0.1) is 19.4 Å². The van der Waals surface area contributed by atoms with Gasteiger partial charge >= 0.3 is 0 Å². The summed E-state index contributed by atoms with van der Waals surface area (Å²) in [5.41, 5.74) is 0. The molecule has 0 unspecified atom stereocenters. The van der Waals surface area contributed by atoms with E-state index in [4.69, 9.17) is 4.42 Å². The first kappa shape index (κ1) is 9.27. The van der Waals surface area contributed by atoms with Gasteiger partial charge in [0.15, 0.2) is 0 Å². The number of hydrogen-bond donors (Lipinski definition) is 1. The predicted molar refractivity (Wildman–Crippen MR) is 51.6 cm³/mol. The van der Waals surface area contributed by atoms with Crippen molar-refractivity contribution < 1.29 is 9.21 Å². The summed E-state index contributed by atoms with van der Waals surface area (Å²) in [6.07, 6.45) is 2.67. The van der Waals surface area contributed by atoms with Crippen molar-refractivity contribution in [1.29, 1.82) is 0 Å². The molecule has 1 N–H and O–H groups in total. The van der Waals surface area contributed by atoms with Gasteiger partial charge in [0.25, 0.3) is 0 Å². The van der Waals surface area contributed by atoms with Crippen molar-refractivity contribution in [3.63, 3.8) is 0 Å². The number of hydrogen-bond acceptors (Lipinski definition) is 3. The average molecular weight is 194 g/mol. The molecule has 1 aliphatic heterocycles. The van der Waals surface area contributed by atoms with Gasteiger partial charge in [-0.15, -0.1) is 0 Å². The minimum Gasteiger partial charge on any atom is -0.468 e. The van der Waals surface area contributed by atoms with Gasteiger partial charge in [0.1, 0.15) is 5.76 Å². The van der Waals surface area contributed by atoms with Crippen LogP contribution in [-0.4, -0.2) is 30.4 Å². The maximum atomic E-state index is 11.2. The van der Waals surface area contributed by atoms with E-state index in [9.17, 15) is 4.79 Å². The highest BCUT2D eigenvalue weighted by molar-refractivity contribution is 5.78. The Morgan fingerprint density at radius 2 is 2.50 bits per heavy atom. The lowest BCUT2D eigenvalue weighted by Crippen LogP contribution is -2.32. The summed E-state index contributed by atoms with van der Waals surface area (Å²) in [6, 6.07) is 3.80.